The number of aliphatic hydroxyl groups excluding tert-OH is 2. The molecule has 0 bridgehead atoms. The van der Waals surface area contributed by atoms with Gasteiger partial charge in [0.1, 0.15) is 5.82 Å². The number of benzene rings is 1. The molecular weight excluding hydrogens is 245 g/mol. The lowest BCUT2D eigenvalue weighted by Crippen LogP contribution is -2.44. The molecule has 0 saturated heterocycles. The van der Waals surface area contributed by atoms with Crippen LogP contribution in [0, 0.1) is 11.7 Å². The third-order valence-corrected chi connectivity index (χ3v) is 3.96. The fraction of sp³-hybridized carbons (Fsp3) is 0.600. The Hall–Kier alpha value is -0.970. The number of hydrogen-bond donors (Lipinski definition) is 3. The van der Waals surface area contributed by atoms with Gasteiger partial charge < -0.3 is 15.5 Å². The topological polar surface area (TPSA) is 52.5 Å². The lowest BCUT2D eigenvalue weighted by atomic mass is 9.94. The van der Waals surface area contributed by atoms with Crippen molar-refractivity contribution in [3.8, 4) is 0 Å². The molecule has 0 aliphatic heterocycles. The van der Waals surface area contributed by atoms with Crippen molar-refractivity contribution in [3.63, 3.8) is 0 Å². The molecule has 2 atom stereocenters. The van der Waals surface area contributed by atoms with E-state index in [0.717, 1.165) is 31.2 Å². The minimum absolute atomic E-state index is 0.0454. The highest BCUT2D eigenvalue weighted by Crippen LogP contribution is 2.29. The predicted octanol–water partition coefficient (Wildman–Crippen LogP) is 1.48. The molecule has 3 N–H and O–H groups in total. The van der Waals surface area contributed by atoms with Crippen molar-refractivity contribution in [1.29, 1.82) is 0 Å². The van der Waals surface area contributed by atoms with Crippen LogP contribution < -0.4 is 5.32 Å². The summed E-state index contributed by atoms with van der Waals surface area (Å²) in [6.07, 6.45) is 4.29. The SMILES string of the molecule is OCC(CO)N[C@H]1CCC[C@H]1Cc1ccc(F)cc1. The monoisotopic (exact) mass is 267 g/mol. The zero-order valence-electron chi connectivity index (χ0n) is 11.1. The van der Waals surface area contributed by atoms with Crippen LogP contribution in [0.4, 0.5) is 4.39 Å². The second kappa shape index (κ2) is 6.98. The van der Waals surface area contributed by atoms with E-state index in [9.17, 15) is 4.39 Å². The standard InChI is InChI=1S/C15H22FNO2/c16-13-6-4-11(5-7-13)8-12-2-1-3-15(12)17-14(9-18)10-19/h4-7,12,14-15,17-19H,1-3,8-10H2/t12-,15-/m0/s1. The molecule has 3 nitrogen and oxygen atoms in total. The Morgan fingerprint density at radius 3 is 2.47 bits per heavy atom. The molecule has 0 spiro atoms. The van der Waals surface area contributed by atoms with Crippen molar-refractivity contribution in [2.75, 3.05) is 13.2 Å². The number of halogens is 1. The summed E-state index contributed by atoms with van der Waals surface area (Å²) < 4.78 is 12.9. The van der Waals surface area contributed by atoms with Gasteiger partial charge in [-0.1, -0.05) is 18.6 Å². The molecule has 1 aliphatic rings. The molecule has 0 heterocycles. The van der Waals surface area contributed by atoms with Gasteiger partial charge in [-0.3, -0.25) is 0 Å². The fourth-order valence-electron chi connectivity index (χ4n) is 2.89. The number of hydrogen-bond acceptors (Lipinski definition) is 3. The summed E-state index contributed by atoms with van der Waals surface area (Å²) in [7, 11) is 0. The number of nitrogens with one attached hydrogen (secondary N) is 1. The Kier molecular flexibility index (Phi) is 5.31. The second-order valence-corrected chi connectivity index (χ2v) is 5.36. The minimum Gasteiger partial charge on any atom is -0.395 e. The van der Waals surface area contributed by atoms with Gasteiger partial charge in [-0.25, -0.2) is 4.39 Å². The van der Waals surface area contributed by atoms with Gasteiger partial charge in [0, 0.05) is 6.04 Å². The van der Waals surface area contributed by atoms with Gasteiger partial charge in [0.05, 0.1) is 19.3 Å². The first-order chi connectivity index (χ1) is 9.22. The van der Waals surface area contributed by atoms with Gasteiger partial charge in [0.15, 0.2) is 0 Å². The second-order valence-electron chi connectivity index (χ2n) is 5.36. The first-order valence-electron chi connectivity index (χ1n) is 6.95. The quantitative estimate of drug-likeness (QED) is 0.732. The third kappa shape index (κ3) is 4.00. The van der Waals surface area contributed by atoms with Crippen LogP contribution in [0.25, 0.3) is 0 Å². The van der Waals surface area contributed by atoms with Crippen LogP contribution in [0.1, 0.15) is 24.8 Å². The van der Waals surface area contributed by atoms with Gasteiger partial charge in [-0.2, -0.15) is 0 Å². The minimum atomic E-state index is -0.237. The van der Waals surface area contributed by atoms with E-state index in [1.807, 2.05) is 12.1 Å². The van der Waals surface area contributed by atoms with Crippen molar-refractivity contribution in [1.82, 2.24) is 5.32 Å². The van der Waals surface area contributed by atoms with Gasteiger partial charge in [0.25, 0.3) is 0 Å². The largest absolute Gasteiger partial charge is 0.395 e. The van der Waals surface area contributed by atoms with Crippen LogP contribution in [0.5, 0.6) is 0 Å². The molecule has 0 aromatic heterocycles. The summed E-state index contributed by atoms with van der Waals surface area (Å²) in [5.74, 6) is 0.288. The first-order valence-corrected chi connectivity index (χ1v) is 6.95. The Balaban J connectivity index is 1.93. The van der Waals surface area contributed by atoms with E-state index in [2.05, 4.69) is 5.32 Å². The van der Waals surface area contributed by atoms with E-state index in [1.165, 1.54) is 12.1 Å². The molecule has 0 unspecified atom stereocenters. The van der Waals surface area contributed by atoms with E-state index >= 15 is 0 Å². The highest BCUT2D eigenvalue weighted by atomic mass is 19.1. The fourth-order valence-corrected chi connectivity index (χ4v) is 2.89. The molecule has 1 aromatic carbocycles. The molecule has 2 rings (SSSR count). The summed E-state index contributed by atoms with van der Waals surface area (Å²) in [4.78, 5) is 0. The molecule has 1 fully saturated rings. The maximum atomic E-state index is 12.9. The van der Waals surface area contributed by atoms with E-state index < -0.39 is 0 Å². The van der Waals surface area contributed by atoms with Crippen molar-refractivity contribution in [2.24, 2.45) is 5.92 Å². The maximum absolute atomic E-state index is 12.9. The Labute approximate surface area is 113 Å². The van der Waals surface area contributed by atoms with Gasteiger partial charge >= 0.3 is 0 Å². The Morgan fingerprint density at radius 2 is 1.84 bits per heavy atom. The van der Waals surface area contributed by atoms with Crippen LogP contribution in [-0.4, -0.2) is 35.5 Å². The molecule has 1 aliphatic carbocycles. The molecule has 19 heavy (non-hydrogen) atoms. The summed E-state index contributed by atoms with van der Waals surface area (Å²) >= 11 is 0. The van der Waals surface area contributed by atoms with Gasteiger partial charge in [0.2, 0.25) is 0 Å². The summed E-state index contributed by atoms with van der Waals surface area (Å²) in [5, 5.41) is 21.6. The first kappa shape index (κ1) is 14.4. The molecule has 0 radical (unpaired) electrons. The lowest BCUT2D eigenvalue weighted by molar-refractivity contribution is 0.155. The van der Waals surface area contributed by atoms with Crippen LogP contribution >= 0.6 is 0 Å². The van der Waals surface area contributed by atoms with E-state index in [-0.39, 0.29) is 25.1 Å². The van der Waals surface area contributed by atoms with Gasteiger partial charge in [-0.05, 0) is 42.9 Å². The summed E-state index contributed by atoms with van der Waals surface area (Å²) in [6, 6.07) is 6.75. The zero-order chi connectivity index (χ0) is 13.7. The normalized spacial score (nSPS) is 23.2. The highest BCUT2D eigenvalue weighted by molar-refractivity contribution is 5.17. The van der Waals surface area contributed by atoms with Crippen molar-refractivity contribution >= 4 is 0 Å². The van der Waals surface area contributed by atoms with Crippen LogP contribution in [-0.2, 0) is 6.42 Å². The summed E-state index contributed by atoms with van der Waals surface area (Å²) in [6.45, 7) is -0.0907. The van der Waals surface area contributed by atoms with Crippen molar-refractivity contribution < 1.29 is 14.6 Å². The molecule has 1 saturated carbocycles. The average molecular weight is 267 g/mol. The van der Waals surface area contributed by atoms with E-state index in [4.69, 9.17) is 10.2 Å². The van der Waals surface area contributed by atoms with Crippen molar-refractivity contribution in [2.45, 2.75) is 37.8 Å². The van der Waals surface area contributed by atoms with E-state index in [1.54, 1.807) is 0 Å². The predicted molar refractivity (Wildman–Crippen MR) is 72.3 cm³/mol. The van der Waals surface area contributed by atoms with E-state index in [0.29, 0.717) is 12.0 Å². The molecule has 106 valence electrons. The molecule has 4 heteroatoms. The summed E-state index contributed by atoms with van der Waals surface area (Å²) in [5.41, 5.74) is 1.14. The zero-order valence-corrected chi connectivity index (χ0v) is 11.1. The number of aliphatic hydroxyl groups is 2. The highest BCUT2D eigenvalue weighted by Gasteiger charge is 2.28. The molecule has 1 aromatic rings. The molecular formula is C15H22FNO2. The smallest absolute Gasteiger partial charge is 0.123 e. The average Bonchev–Trinajstić information content (AvgIpc) is 2.86. The van der Waals surface area contributed by atoms with Crippen LogP contribution in [0.15, 0.2) is 24.3 Å². The lowest BCUT2D eigenvalue weighted by Gasteiger charge is -2.25. The van der Waals surface area contributed by atoms with Gasteiger partial charge in [-0.15, -0.1) is 0 Å². The van der Waals surface area contributed by atoms with Crippen LogP contribution in [0.3, 0.4) is 0 Å². The third-order valence-electron chi connectivity index (χ3n) is 3.96. The molecule has 0 amide bonds. The maximum Gasteiger partial charge on any atom is 0.123 e. The Bertz CT molecular complexity index is 378. The number of rotatable bonds is 6. The van der Waals surface area contributed by atoms with Crippen LogP contribution in [0.2, 0.25) is 0 Å². The Morgan fingerprint density at radius 1 is 1.16 bits per heavy atom. The van der Waals surface area contributed by atoms with Crippen molar-refractivity contribution in [3.05, 3.63) is 35.6 Å².